The quantitative estimate of drug-likeness (QED) is 0.339. The Bertz CT molecular complexity index is 1330. The van der Waals surface area contributed by atoms with Gasteiger partial charge in [-0.05, 0) is 59.1 Å². The summed E-state index contributed by atoms with van der Waals surface area (Å²) >= 11 is 0. The van der Waals surface area contributed by atoms with E-state index < -0.39 is 26.9 Å². The molecule has 212 valence electrons. The van der Waals surface area contributed by atoms with E-state index >= 15 is 0 Å². The maximum atomic E-state index is 13.9. The molecule has 39 heavy (non-hydrogen) atoms. The van der Waals surface area contributed by atoms with E-state index in [1.165, 1.54) is 0 Å². The van der Waals surface area contributed by atoms with Crippen LogP contribution >= 0.6 is 0 Å². The Balaban J connectivity index is 1.79. The lowest BCUT2D eigenvalue weighted by Crippen LogP contribution is -2.31. The second-order valence-corrected chi connectivity index (χ2v) is 12.2. The lowest BCUT2D eigenvalue weighted by molar-refractivity contribution is 0.00380. The van der Waals surface area contributed by atoms with Crippen LogP contribution in [0.4, 0.5) is 0 Å². The molecular weight excluding hydrogens is 522 g/mol. The van der Waals surface area contributed by atoms with Crippen molar-refractivity contribution < 1.29 is 27.4 Å². The van der Waals surface area contributed by atoms with E-state index in [0.29, 0.717) is 35.3 Å². The Morgan fingerprint density at radius 1 is 1.05 bits per heavy atom. The highest BCUT2D eigenvalue weighted by molar-refractivity contribution is 7.91. The highest BCUT2D eigenvalue weighted by Crippen LogP contribution is 2.38. The van der Waals surface area contributed by atoms with Crippen LogP contribution in [0.25, 0.3) is 5.69 Å². The molecule has 1 aliphatic rings. The lowest BCUT2D eigenvalue weighted by Gasteiger charge is -2.26. The van der Waals surface area contributed by atoms with Crippen molar-refractivity contribution in [2.45, 2.75) is 76.3 Å². The van der Waals surface area contributed by atoms with Crippen molar-refractivity contribution in [3.8, 4) is 17.2 Å². The Kier molecular flexibility index (Phi) is 9.19. The third kappa shape index (κ3) is 6.39. The van der Waals surface area contributed by atoms with Crippen LogP contribution in [-0.4, -0.2) is 65.3 Å². The molecule has 0 amide bonds. The smallest absolute Gasteiger partial charge is 0.167 e. The number of aryl methyl sites for hydroxylation is 1. The summed E-state index contributed by atoms with van der Waals surface area (Å²) in [5, 5.41) is 7.85. The van der Waals surface area contributed by atoms with Crippen LogP contribution in [-0.2, 0) is 25.1 Å². The largest absolute Gasteiger partial charge is 0.494 e. The van der Waals surface area contributed by atoms with Gasteiger partial charge in [0.1, 0.15) is 35.1 Å². The molecule has 3 aromatic rings. The standard InChI is InChI=1S/C27H37N5O6S/c1-17(2)38-26(20-15-28-18(3)14-29-20)19(4)39(33,34)16-24-30-31-27(23-10-7-8-13-37-23)32(24)25-21(35-5)11-9-12-22(25)36-6/h9,11-12,14-15,17,19,23,26H,7-8,10,13,16H2,1-6H3/t19-,23+,26+/m0/s1. The first kappa shape index (κ1) is 28.9. The van der Waals surface area contributed by atoms with Gasteiger partial charge in [0, 0.05) is 12.8 Å². The van der Waals surface area contributed by atoms with E-state index in [1.54, 1.807) is 56.3 Å². The number of para-hydroxylation sites is 1. The molecule has 1 aliphatic heterocycles. The van der Waals surface area contributed by atoms with Gasteiger partial charge in [0.25, 0.3) is 0 Å². The minimum atomic E-state index is -3.84. The zero-order valence-corrected chi connectivity index (χ0v) is 24.1. The summed E-state index contributed by atoms with van der Waals surface area (Å²) in [6.07, 6.45) is 4.46. The predicted molar refractivity (Wildman–Crippen MR) is 145 cm³/mol. The molecule has 0 saturated carbocycles. The summed E-state index contributed by atoms with van der Waals surface area (Å²) in [5.74, 6) is 1.33. The van der Waals surface area contributed by atoms with E-state index in [-0.39, 0.29) is 18.0 Å². The highest BCUT2D eigenvalue weighted by Gasteiger charge is 2.36. The van der Waals surface area contributed by atoms with Gasteiger partial charge >= 0.3 is 0 Å². The number of benzene rings is 1. The van der Waals surface area contributed by atoms with Crippen LogP contribution in [0.5, 0.6) is 11.5 Å². The van der Waals surface area contributed by atoms with Gasteiger partial charge in [-0.1, -0.05) is 6.07 Å². The van der Waals surface area contributed by atoms with Crippen LogP contribution in [0.2, 0.25) is 0 Å². The summed E-state index contributed by atoms with van der Waals surface area (Å²) in [4.78, 5) is 8.71. The van der Waals surface area contributed by atoms with Gasteiger partial charge in [-0.2, -0.15) is 0 Å². The zero-order valence-electron chi connectivity index (χ0n) is 23.3. The third-order valence-corrected chi connectivity index (χ3v) is 8.72. The summed E-state index contributed by atoms with van der Waals surface area (Å²) in [5.41, 5.74) is 1.71. The lowest BCUT2D eigenvalue weighted by atomic mass is 10.1. The van der Waals surface area contributed by atoms with Gasteiger partial charge in [-0.15, -0.1) is 10.2 Å². The van der Waals surface area contributed by atoms with Gasteiger partial charge in [-0.25, -0.2) is 8.42 Å². The molecule has 1 fully saturated rings. The average molecular weight is 560 g/mol. The molecular formula is C27H37N5O6S. The maximum Gasteiger partial charge on any atom is 0.167 e. The molecule has 12 heteroatoms. The number of hydrogen-bond acceptors (Lipinski definition) is 10. The van der Waals surface area contributed by atoms with Crippen molar-refractivity contribution in [1.82, 2.24) is 24.7 Å². The highest BCUT2D eigenvalue weighted by atomic mass is 32.2. The number of hydrogen-bond donors (Lipinski definition) is 0. The van der Waals surface area contributed by atoms with E-state index in [1.807, 2.05) is 20.8 Å². The van der Waals surface area contributed by atoms with Crippen molar-refractivity contribution >= 4 is 9.84 Å². The Labute approximate surface area is 229 Å². The fourth-order valence-corrected chi connectivity index (χ4v) is 6.03. The normalized spacial score (nSPS) is 17.7. The summed E-state index contributed by atoms with van der Waals surface area (Å²) in [7, 11) is -0.742. The van der Waals surface area contributed by atoms with Crippen LogP contribution in [0.15, 0.2) is 30.6 Å². The monoisotopic (exact) mass is 559 g/mol. The molecule has 0 aliphatic carbocycles. The van der Waals surface area contributed by atoms with Gasteiger partial charge < -0.3 is 18.9 Å². The molecule has 0 bridgehead atoms. The number of sulfone groups is 1. The van der Waals surface area contributed by atoms with Crippen LogP contribution in [0.3, 0.4) is 0 Å². The number of nitrogens with zero attached hydrogens (tertiary/aromatic N) is 5. The molecule has 3 atom stereocenters. The second kappa shape index (κ2) is 12.4. The maximum absolute atomic E-state index is 13.9. The molecule has 11 nitrogen and oxygen atoms in total. The zero-order chi connectivity index (χ0) is 28.2. The molecule has 0 spiro atoms. The molecule has 2 aromatic heterocycles. The molecule has 0 radical (unpaired) electrons. The van der Waals surface area contributed by atoms with Gasteiger partial charge in [0.05, 0.1) is 43.2 Å². The topological polar surface area (TPSA) is 128 Å². The van der Waals surface area contributed by atoms with E-state index in [4.69, 9.17) is 18.9 Å². The summed E-state index contributed by atoms with van der Waals surface area (Å²) < 4.78 is 53.0. The van der Waals surface area contributed by atoms with Crippen LogP contribution in [0.1, 0.15) is 75.3 Å². The molecule has 3 heterocycles. The first-order chi connectivity index (χ1) is 18.7. The van der Waals surface area contributed by atoms with Crippen LogP contribution < -0.4 is 9.47 Å². The summed E-state index contributed by atoms with van der Waals surface area (Å²) in [6, 6.07) is 5.37. The van der Waals surface area contributed by atoms with Gasteiger partial charge in [0.2, 0.25) is 0 Å². The third-order valence-electron chi connectivity index (χ3n) is 6.68. The van der Waals surface area contributed by atoms with Crippen molar-refractivity contribution in [3.63, 3.8) is 0 Å². The first-order valence-corrected chi connectivity index (χ1v) is 14.8. The SMILES string of the molecule is COc1cccc(OC)c1-n1c(CS(=O)(=O)[C@@H](C)[C@@H](OC(C)C)c2cnc(C)cn2)nnc1[C@H]1CCCCO1. The van der Waals surface area contributed by atoms with Crippen LogP contribution in [0, 0.1) is 6.92 Å². The number of aromatic nitrogens is 5. The number of ether oxygens (including phenoxy) is 4. The minimum Gasteiger partial charge on any atom is -0.494 e. The Morgan fingerprint density at radius 2 is 1.77 bits per heavy atom. The minimum absolute atomic E-state index is 0.229. The summed E-state index contributed by atoms with van der Waals surface area (Å²) in [6.45, 7) is 7.75. The second-order valence-electron chi connectivity index (χ2n) is 9.88. The first-order valence-electron chi connectivity index (χ1n) is 13.1. The van der Waals surface area contributed by atoms with E-state index in [2.05, 4.69) is 20.2 Å². The van der Waals surface area contributed by atoms with Crippen molar-refractivity contribution in [2.75, 3.05) is 20.8 Å². The molecule has 4 rings (SSSR count). The van der Waals surface area contributed by atoms with E-state index in [0.717, 1.165) is 25.0 Å². The predicted octanol–water partition coefficient (Wildman–Crippen LogP) is 4.09. The van der Waals surface area contributed by atoms with Crippen molar-refractivity contribution in [1.29, 1.82) is 0 Å². The number of methoxy groups -OCH3 is 2. The molecule has 0 unspecified atom stereocenters. The number of rotatable bonds is 11. The van der Waals surface area contributed by atoms with Crippen molar-refractivity contribution in [3.05, 3.63) is 53.6 Å². The molecule has 1 saturated heterocycles. The average Bonchev–Trinajstić information content (AvgIpc) is 3.33. The van der Waals surface area contributed by atoms with Gasteiger partial charge in [0.15, 0.2) is 21.5 Å². The molecule has 1 aromatic carbocycles. The molecule has 0 N–H and O–H groups in total. The van der Waals surface area contributed by atoms with E-state index in [9.17, 15) is 8.42 Å². The van der Waals surface area contributed by atoms with Gasteiger partial charge in [-0.3, -0.25) is 14.5 Å². The van der Waals surface area contributed by atoms with Crippen molar-refractivity contribution in [2.24, 2.45) is 0 Å². The fourth-order valence-electron chi connectivity index (χ4n) is 4.64. The Morgan fingerprint density at radius 3 is 2.33 bits per heavy atom. The fraction of sp³-hybridized carbons (Fsp3) is 0.556. The Hall–Kier alpha value is -3.09.